The van der Waals surface area contributed by atoms with E-state index in [-0.39, 0.29) is 5.41 Å². The Kier molecular flexibility index (Phi) is 3.16. The molecule has 2 heterocycles. The van der Waals surface area contributed by atoms with Gasteiger partial charge in [-0.3, -0.25) is 4.90 Å². The predicted octanol–water partition coefficient (Wildman–Crippen LogP) is 2.09. The van der Waals surface area contributed by atoms with Crippen LogP contribution in [0.15, 0.2) is 21.9 Å². The molecular formula is C15H21N3O3. The molecule has 1 N–H and O–H groups in total. The molecule has 1 saturated heterocycles. The maximum atomic E-state index is 12.1. The molecule has 1 fully saturated rings. The van der Waals surface area contributed by atoms with Gasteiger partial charge in [-0.05, 0) is 27.2 Å². The smallest absolute Gasteiger partial charge is 0.412 e. The van der Waals surface area contributed by atoms with Crippen molar-refractivity contribution < 1.29 is 14.6 Å². The first-order valence-corrected chi connectivity index (χ1v) is 7.29. The molecule has 2 aliphatic heterocycles. The average Bonchev–Trinajstić information content (AvgIpc) is 2.84. The van der Waals surface area contributed by atoms with Crippen molar-refractivity contribution in [2.75, 3.05) is 6.54 Å². The topological polar surface area (TPSA) is 74.5 Å². The molecule has 0 aromatic heterocycles. The Morgan fingerprint density at radius 3 is 2.90 bits per heavy atom. The molecule has 1 spiro atoms. The highest BCUT2D eigenvalue weighted by molar-refractivity contribution is 6.20. The van der Waals surface area contributed by atoms with Crippen molar-refractivity contribution in [2.45, 2.75) is 51.9 Å². The average molecular weight is 291 g/mol. The van der Waals surface area contributed by atoms with Crippen LogP contribution < -0.4 is 0 Å². The van der Waals surface area contributed by atoms with E-state index in [2.05, 4.69) is 16.3 Å². The maximum Gasteiger partial charge on any atom is 0.412 e. The molecule has 0 aromatic rings. The van der Waals surface area contributed by atoms with Crippen LogP contribution in [0.2, 0.25) is 0 Å². The highest BCUT2D eigenvalue weighted by Crippen LogP contribution is 2.45. The van der Waals surface area contributed by atoms with Crippen molar-refractivity contribution in [2.24, 2.45) is 15.6 Å². The third-order valence-corrected chi connectivity index (χ3v) is 4.12. The van der Waals surface area contributed by atoms with E-state index in [1.165, 1.54) is 4.90 Å². The summed E-state index contributed by atoms with van der Waals surface area (Å²) in [6.07, 6.45) is 4.76. The lowest BCUT2D eigenvalue weighted by Crippen LogP contribution is -2.50. The van der Waals surface area contributed by atoms with E-state index in [0.29, 0.717) is 13.0 Å². The Morgan fingerprint density at radius 1 is 1.52 bits per heavy atom. The first kappa shape index (κ1) is 14.3. The number of amides is 1. The molecule has 6 nitrogen and oxygen atoms in total. The van der Waals surface area contributed by atoms with Crippen LogP contribution >= 0.6 is 0 Å². The number of aliphatic hydroxyl groups is 1. The van der Waals surface area contributed by atoms with Crippen LogP contribution in [0, 0.1) is 5.41 Å². The second kappa shape index (κ2) is 4.66. The summed E-state index contributed by atoms with van der Waals surface area (Å²) in [6, 6.07) is 0. The van der Waals surface area contributed by atoms with Gasteiger partial charge in [-0.2, -0.15) is 10.2 Å². The number of piperidine rings is 1. The summed E-state index contributed by atoms with van der Waals surface area (Å²) in [5, 5.41) is 18.3. The Balaban J connectivity index is 1.68. The van der Waals surface area contributed by atoms with E-state index in [0.717, 1.165) is 24.1 Å². The van der Waals surface area contributed by atoms with Crippen molar-refractivity contribution in [3.8, 4) is 0 Å². The molecule has 3 aliphatic rings. The first-order chi connectivity index (χ1) is 9.78. The van der Waals surface area contributed by atoms with E-state index < -0.39 is 17.9 Å². The lowest BCUT2D eigenvalue weighted by atomic mass is 9.77. The zero-order valence-corrected chi connectivity index (χ0v) is 12.7. The fraction of sp³-hybridized carbons (Fsp3) is 0.667. The van der Waals surface area contributed by atoms with Crippen LogP contribution in [0.25, 0.3) is 0 Å². The molecule has 0 radical (unpaired) electrons. The fourth-order valence-corrected chi connectivity index (χ4v) is 3.16. The van der Waals surface area contributed by atoms with Crippen molar-refractivity contribution in [1.82, 2.24) is 4.90 Å². The minimum Gasteiger partial charge on any atom is -0.444 e. The van der Waals surface area contributed by atoms with E-state index in [1.807, 2.05) is 20.8 Å². The lowest BCUT2D eigenvalue weighted by Gasteiger charge is -2.41. The second-order valence-electron chi connectivity index (χ2n) is 7.04. The highest BCUT2D eigenvalue weighted by Gasteiger charge is 2.45. The van der Waals surface area contributed by atoms with Crippen LogP contribution in [0.4, 0.5) is 4.79 Å². The van der Waals surface area contributed by atoms with Crippen molar-refractivity contribution in [3.05, 3.63) is 11.6 Å². The van der Waals surface area contributed by atoms with Gasteiger partial charge >= 0.3 is 6.09 Å². The molecule has 1 amide bonds. The number of hydrogen-bond donors (Lipinski definition) is 1. The molecule has 6 heteroatoms. The van der Waals surface area contributed by atoms with Gasteiger partial charge < -0.3 is 9.84 Å². The van der Waals surface area contributed by atoms with Gasteiger partial charge in [-0.25, -0.2) is 4.79 Å². The minimum absolute atomic E-state index is 0.0987. The Labute approximate surface area is 124 Å². The Hall–Kier alpha value is -1.69. The van der Waals surface area contributed by atoms with Gasteiger partial charge in [0.15, 0.2) is 0 Å². The van der Waals surface area contributed by atoms with E-state index in [1.54, 1.807) is 6.21 Å². The molecule has 2 unspecified atom stereocenters. The number of hydrogen-bond acceptors (Lipinski definition) is 5. The summed E-state index contributed by atoms with van der Waals surface area (Å²) in [5.41, 5.74) is 1.41. The third-order valence-electron chi connectivity index (χ3n) is 4.12. The number of likely N-dealkylation sites (tertiary alicyclic amines) is 1. The molecule has 0 aromatic carbocycles. The molecule has 2 atom stereocenters. The van der Waals surface area contributed by atoms with Crippen LogP contribution in [0.3, 0.4) is 0 Å². The second-order valence-corrected chi connectivity index (χ2v) is 7.04. The normalized spacial score (nSPS) is 31.2. The monoisotopic (exact) mass is 291 g/mol. The number of fused-ring (bicyclic) bond motifs is 1. The van der Waals surface area contributed by atoms with Gasteiger partial charge in [0.2, 0.25) is 0 Å². The summed E-state index contributed by atoms with van der Waals surface area (Å²) >= 11 is 0. The molecular weight excluding hydrogens is 270 g/mol. The van der Waals surface area contributed by atoms with Gasteiger partial charge in [0.1, 0.15) is 11.8 Å². The van der Waals surface area contributed by atoms with Gasteiger partial charge in [-0.1, -0.05) is 6.08 Å². The van der Waals surface area contributed by atoms with Crippen molar-refractivity contribution >= 4 is 18.0 Å². The zero-order valence-electron chi connectivity index (χ0n) is 12.7. The molecule has 0 saturated carbocycles. The number of carbonyl (C=O) groups excluding carboxylic acids is 1. The number of aliphatic hydroxyl groups excluding tert-OH is 1. The summed E-state index contributed by atoms with van der Waals surface area (Å²) < 4.78 is 5.34. The third kappa shape index (κ3) is 2.72. The predicted molar refractivity (Wildman–Crippen MR) is 79.2 cm³/mol. The van der Waals surface area contributed by atoms with Crippen LogP contribution in [-0.2, 0) is 4.74 Å². The van der Waals surface area contributed by atoms with Crippen LogP contribution in [0.1, 0.15) is 40.0 Å². The van der Waals surface area contributed by atoms with Crippen LogP contribution in [-0.4, -0.2) is 46.4 Å². The molecule has 3 rings (SSSR count). The Morgan fingerprint density at radius 2 is 2.29 bits per heavy atom. The van der Waals surface area contributed by atoms with Gasteiger partial charge in [-0.15, -0.1) is 0 Å². The molecule has 21 heavy (non-hydrogen) atoms. The van der Waals surface area contributed by atoms with Gasteiger partial charge in [0, 0.05) is 30.4 Å². The zero-order chi connectivity index (χ0) is 15.3. The summed E-state index contributed by atoms with van der Waals surface area (Å²) in [6.45, 7) is 5.96. The van der Waals surface area contributed by atoms with Crippen molar-refractivity contribution in [3.63, 3.8) is 0 Å². The molecule has 114 valence electrons. The SMILES string of the molecule is CC(C)(C)OC(=O)N1CCC2(C=C3C=NN=C3C2)CC1O. The number of allylic oxidation sites excluding steroid dienone is 2. The lowest BCUT2D eigenvalue weighted by molar-refractivity contribution is -0.0666. The van der Waals surface area contributed by atoms with Crippen LogP contribution in [0.5, 0.6) is 0 Å². The molecule has 1 aliphatic carbocycles. The summed E-state index contributed by atoms with van der Waals surface area (Å²) in [4.78, 5) is 13.5. The number of ether oxygens (including phenoxy) is 1. The highest BCUT2D eigenvalue weighted by atomic mass is 16.6. The largest absolute Gasteiger partial charge is 0.444 e. The summed E-state index contributed by atoms with van der Waals surface area (Å²) in [5.74, 6) is 0. The van der Waals surface area contributed by atoms with Gasteiger partial charge in [0.05, 0.1) is 11.9 Å². The number of rotatable bonds is 0. The quantitative estimate of drug-likeness (QED) is 0.742. The number of carbonyl (C=O) groups is 1. The maximum absolute atomic E-state index is 12.1. The molecule has 0 bridgehead atoms. The Bertz CT molecular complexity index is 559. The van der Waals surface area contributed by atoms with E-state index >= 15 is 0 Å². The first-order valence-electron chi connectivity index (χ1n) is 7.29. The summed E-state index contributed by atoms with van der Waals surface area (Å²) in [7, 11) is 0. The minimum atomic E-state index is -0.818. The standard InChI is InChI=1S/C15H21N3O3/c1-14(2,3)21-13(20)18-5-4-15(8-12(18)19)6-10-9-16-17-11(10)7-15/h6,9,12,19H,4-5,7-8H2,1-3H3. The van der Waals surface area contributed by atoms with Crippen molar-refractivity contribution in [1.29, 1.82) is 0 Å². The number of nitrogens with zero attached hydrogens (tertiary/aromatic N) is 3. The fourth-order valence-electron chi connectivity index (χ4n) is 3.16. The van der Waals surface area contributed by atoms with Gasteiger partial charge in [0.25, 0.3) is 0 Å². The van der Waals surface area contributed by atoms with E-state index in [9.17, 15) is 9.90 Å². The van der Waals surface area contributed by atoms with E-state index in [4.69, 9.17) is 4.74 Å².